The number of rotatable bonds is 1. The molecule has 0 fully saturated rings. The summed E-state index contributed by atoms with van der Waals surface area (Å²) in [5.41, 5.74) is 4.83. The number of carbonyl (C=O) groups excluding carboxylic acids is 1. The van der Waals surface area contributed by atoms with Crippen molar-refractivity contribution < 1.29 is 9.21 Å². The molecule has 9 heavy (non-hydrogen) atoms. The molecular weight excluding hydrogens is 140 g/mol. The van der Waals surface area contributed by atoms with Crippen LogP contribution < -0.4 is 5.73 Å². The van der Waals surface area contributed by atoms with E-state index in [4.69, 9.17) is 5.73 Å². The van der Waals surface area contributed by atoms with Gasteiger partial charge in [-0.05, 0) is 12.2 Å². The predicted molar refractivity (Wildman–Crippen MR) is 32.4 cm³/mol. The Labute approximate surface area is 55.7 Å². The summed E-state index contributed by atoms with van der Waals surface area (Å²) in [6, 6.07) is 0. The van der Waals surface area contributed by atoms with Gasteiger partial charge in [-0.25, -0.2) is 0 Å². The van der Waals surface area contributed by atoms with Gasteiger partial charge in [0.05, 0.1) is 6.20 Å². The smallest absolute Gasteiger partial charge is 0.286 e. The largest absolute Gasteiger partial charge is 0.424 e. The van der Waals surface area contributed by atoms with Gasteiger partial charge in [0.15, 0.2) is 0 Å². The van der Waals surface area contributed by atoms with E-state index in [0.717, 1.165) is 0 Å². The number of aromatic amines is 1. The maximum absolute atomic E-state index is 10.3. The Morgan fingerprint density at radius 3 is 2.78 bits per heavy atom. The number of oxazole rings is 1. The number of hydrogen-bond acceptors (Lipinski definition) is 3. The zero-order valence-electron chi connectivity index (χ0n) is 4.38. The lowest BCUT2D eigenvalue weighted by Gasteiger charge is -1.79. The number of nitrogens with one attached hydrogen (secondary N) is 1. The second kappa shape index (κ2) is 2.02. The molecule has 1 aromatic heterocycles. The highest BCUT2D eigenvalue weighted by atomic mass is 32.1. The zero-order valence-corrected chi connectivity index (χ0v) is 5.20. The summed E-state index contributed by atoms with van der Waals surface area (Å²) in [5, 5.41) is 0. The van der Waals surface area contributed by atoms with E-state index < -0.39 is 5.91 Å². The van der Waals surface area contributed by atoms with Crippen LogP contribution in [0.15, 0.2) is 10.6 Å². The molecule has 48 valence electrons. The lowest BCUT2D eigenvalue weighted by atomic mass is 10.5. The van der Waals surface area contributed by atoms with Crippen LogP contribution in [0.5, 0.6) is 0 Å². The molecule has 5 heteroatoms. The molecule has 1 heterocycles. The van der Waals surface area contributed by atoms with Crippen molar-refractivity contribution in [3.8, 4) is 0 Å². The third-order valence-electron chi connectivity index (χ3n) is 0.767. The molecule has 0 atom stereocenters. The summed E-state index contributed by atoms with van der Waals surface area (Å²) in [7, 11) is 0. The molecule has 0 aliphatic heterocycles. The quantitative estimate of drug-likeness (QED) is 0.561. The van der Waals surface area contributed by atoms with Gasteiger partial charge in [0.1, 0.15) is 0 Å². The predicted octanol–water partition coefficient (Wildman–Crippen LogP) is 0.436. The number of aromatic nitrogens is 1. The van der Waals surface area contributed by atoms with Crippen LogP contribution in [-0.4, -0.2) is 10.9 Å². The van der Waals surface area contributed by atoms with Crippen molar-refractivity contribution in [1.29, 1.82) is 0 Å². The van der Waals surface area contributed by atoms with E-state index in [-0.39, 0.29) is 10.6 Å². The third kappa shape index (κ3) is 1.17. The minimum absolute atomic E-state index is 0.0556. The van der Waals surface area contributed by atoms with Crippen LogP contribution in [0.2, 0.25) is 0 Å². The second-order valence-corrected chi connectivity index (χ2v) is 1.78. The summed E-state index contributed by atoms with van der Waals surface area (Å²) in [4.78, 5) is 12.9. The molecule has 3 N–H and O–H groups in total. The van der Waals surface area contributed by atoms with Crippen molar-refractivity contribution in [1.82, 2.24) is 4.98 Å². The summed E-state index contributed by atoms with van der Waals surface area (Å²) in [6.45, 7) is 0. The summed E-state index contributed by atoms with van der Waals surface area (Å²) < 4.78 is 4.63. The summed E-state index contributed by atoms with van der Waals surface area (Å²) in [5.74, 6) is -0.567. The molecule has 1 rings (SSSR count). The zero-order chi connectivity index (χ0) is 6.85. The van der Waals surface area contributed by atoms with E-state index in [0.29, 0.717) is 0 Å². The molecule has 0 radical (unpaired) electrons. The highest BCUT2D eigenvalue weighted by Gasteiger charge is 2.01. The number of nitrogens with two attached hydrogens (primary N) is 1. The molecule has 0 saturated heterocycles. The van der Waals surface area contributed by atoms with Gasteiger partial charge in [-0.2, -0.15) is 0 Å². The molecule has 4 nitrogen and oxygen atoms in total. The van der Waals surface area contributed by atoms with Crippen molar-refractivity contribution in [2.75, 3.05) is 0 Å². The molecule has 0 unspecified atom stereocenters. The average Bonchev–Trinajstić information content (AvgIpc) is 2.14. The number of H-pyrrole nitrogens is 1. The van der Waals surface area contributed by atoms with E-state index >= 15 is 0 Å². The fourth-order valence-corrected chi connectivity index (χ4v) is 0.553. The Morgan fingerprint density at radius 2 is 2.56 bits per heavy atom. The van der Waals surface area contributed by atoms with Crippen LogP contribution in [0.1, 0.15) is 10.6 Å². The van der Waals surface area contributed by atoms with E-state index in [1.165, 1.54) is 6.20 Å². The first kappa shape index (κ1) is 6.03. The van der Waals surface area contributed by atoms with E-state index in [2.05, 4.69) is 21.6 Å². The molecule has 0 bridgehead atoms. The van der Waals surface area contributed by atoms with Crippen LogP contribution in [0.4, 0.5) is 0 Å². The lowest BCUT2D eigenvalue weighted by Crippen LogP contribution is -2.09. The van der Waals surface area contributed by atoms with Crippen LogP contribution in [0.25, 0.3) is 0 Å². The van der Waals surface area contributed by atoms with Gasteiger partial charge in [0.25, 0.3) is 10.7 Å². The SMILES string of the molecule is NC(=O)c1c[nH]c(=S)o1. The van der Waals surface area contributed by atoms with Gasteiger partial charge in [0, 0.05) is 0 Å². The Kier molecular flexibility index (Phi) is 1.35. The van der Waals surface area contributed by atoms with Gasteiger partial charge in [-0.1, -0.05) is 0 Å². The molecule has 0 aliphatic rings. The van der Waals surface area contributed by atoms with Crippen molar-refractivity contribution in [2.45, 2.75) is 0 Å². The first-order valence-electron chi connectivity index (χ1n) is 2.18. The molecule has 0 spiro atoms. The van der Waals surface area contributed by atoms with Gasteiger partial charge in [-0.15, -0.1) is 0 Å². The standard InChI is InChI=1S/C4H4N2O2S/c5-3(7)2-1-6-4(9)8-2/h1H,(H2,5,7)(H,6,9). The fraction of sp³-hybridized carbons (Fsp3) is 0. The van der Waals surface area contributed by atoms with Crippen molar-refractivity contribution in [3.63, 3.8) is 0 Å². The normalized spacial score (nSPS) is 9.33. The minimum atomic E-state index is -0.623. The van der Waals surface area contributed by atoms with Gasteiger partial charge in [0.2, 0.25) is 5.76 Å². The maximum Gasteiger partial charge on any atom is 0.286 e. The van der Waals surface area contributed by atoms with E-state index in [9.17, 15) is 4.79 Å². The lowest BCUT2D eigenvalue weighted by molar-refractivity contribution is 0.0973. The van der Waals surface area contributed by atoms with Crippen LogP contribution in [0, 0.1) is 4.84 Å². The van der Waals surface area contributed by atoms with Gasteiger partial charge >= 0.3 is 0 Å². The maximum atomic E-state index is 10.3. The van der Waals surface area contributed by atoms with Crippen LogP contribution in [0.3, 0.4) is 0 Å². The first-order valence-corrected chi connectivity index (χ1v) is 2.59. The monoisotopic (exact) mass is 144 g/mol. The third-order valence-corrected chi connectivity index (χ3v) is 0.968. The highest BCUT2D eigenvalue weighted by Crippen LogP contribution is 1.95. The molecule has 0 aromatic carbocycles. The minimum Gasteiger partial charge on any atom is -0.424 e. The Balaban J connectivity index is 3.12. The molecule has 0 aliphatic carbocycles. The number of primary amides is 1. The molecule has 0 saturated carbocycles. The van der Waals surface area contributed by atoms with E-state index in [1.807, 2.05) is 0 Å². The van der Waals surface area contributed by atoms with Gasteiger partial charge < -0.3 is 15.1 Å². The summed E-state index contributed by atoms with van der Waals surface area (Å²) in [6.07, 6.45) is 1.32. The highest BCUT2D eigenvalue weighted by molar-refractivity contribution is 7.71. The average molecular weight is 144 g/mol. The van der Waals surface area contributed by atoms with Crippen molar-refractivity contribution in [3.05, 3.63) is 16.8 Å². The van der Waals surface area contributed by atoms with Crippen LogP contribution in [-0.2, 0) is 0 Å². The summed E-state index contributed by atoms with van der Waals surface area (Å²) >= 11 is 4.52. The molecular formula is C4H4N2O2S. The van der Waals surface area contributed by atoms with E-state index in [1.54, 1.807) is 0 Å². The fourth-order valence-electron chi connectivity index (χ4n) is 0.405. The number of hydrogen-bond donors (Lipinski definition) is 2. The Hall–Kier alpha value is -1.10. The number of amides is 1. The topological polar surface area (TPSA) is 72.0 Å². The van der Waals surface area contributed by atoms with Crippen molar-refractivity contribution in [2.24, 2.45) is 5.73 Å². The first-order chi connectivity index (χ1) is 4.20. The van der Waals surface area contributed by atoms with Crippen molar-refractivity contribution >= 4 is 18.1 Å². The van der Waals surface area contributed by atoms with Gasteiger partial charge in [-0.3, -0.25) is 4.79 Å². The molecule has 1 aromatic rings. The Morgan fingerprint density at radius 1 is 1.89 bits per heavy atom. The molecule has 1 amide bonds. The number of carbonyl (C=O) groups is 1. The van der Waals surface area contributed by atoms with Crippen LogP contribution >= 0.6 is 12.2 Å². The Bertz CT molecular complexity index is 274. The second-order valence-electron chi connectivity index (χ2n) is 1.41.